The molecule has 0 radical (unpaired) electrons. The molecule has 0 amide bonds. The van der Waals surface area contributed by atoms with Crippen LogP contribution in [0.4, 0.5) is 5.82 Å². The highest BCUT2D eigenvalue weighted by atomic mass is 16.7. The fourth-order valence-corrected chi connectivity index (χ4v) is 3.56. The van der Waals surface area contributed by atoms with E-state index in [1.807, 2.05) is 0 Å². The van der Waals surface area contributed by atoms with Crippen LogP contribution in [-0.4, -0.2) is 89.5 Å². The van der Waals surface area contributed by atoms with E-state index in [1.165, 1.54) is 12.7 Å². The summed E-state index contributed by atoms with van der Waals surface area (Å²) in [6, 6.07) is 0. The van der Waals surface area contributed by atoms with Gasteiger partial charge in [-0.2, -0.15) is 0 Å². The van der Waals surface area contributed by atoms with Gasteiger partial charge in [0.05, 0.1) is 25.1 Å². The molecule has 4 rings (SSSR count). The Kier molecular flexibility index (Phi) is 5.18. The maximum absolute atomic E-state index is 10.2. The van der Waals surface area contributed by atoms with Gasteiger partial charge in [-0.05, 0) is 6.92 Å². The van der Waals surface area contributed by atoms with Crippen molar-refractivity contribution in [2.45, 2.75) is 62.5 Å². The number of fused-ring (bicyclic) bond motifs is 1. The lowest BCUT2D eigenvalue weighted by Crippen LogP contribution is -2.58. The Morgan fingerprint density at radius 2 is 1.96 bits per heavy atom. The predicted molar refractivity (Wildman–Crippen MR) is 92.6 cm³/mol. The van der Waals surface area contributed by atoms with Gasteiger partial charge in [-0.1, -0.05) is 0 Å². The van der Waals surface area contributed by atoms with Crippen LogP contribution in [0.2, 0.25) is 0 Å². The monoisotopic (exact) mass is 397 g/mol. The van der Waals surface area contributed by atoms with Crippen molar-refractivity contribution >= 4 is 17.0 Å². The first-order chi connectivity index (χ1) is 13.4. The van der Waals surface area contributed by atoms with Crippen molar-refractivity contribution in [1.82, 2.24) is 19.5 Å². The number of aliphatic hydroxyl groups is 4. The number of ether oxygens (including phenoxy) is 3. The van der Waals surface area contributed by atoms with Gasteiger partial charge in [0.1, 0.15) is 42.5 Å². The van der Waals surface area contributed by atoms with Gasteiger partial charge in [-0.3, -0.25) is 4.57 Å². The molecule has 28 heavy (non-hydrogen) atoms. The summed E-state index contributed by atoms with van der Waals surface area (Å²) in [7, 11) is 0. The predicted octanol–water partition coefficient (Wildman–Crippen LogP) is -2.10. The molecule has 0 spiro atoms. The van der Waals surface area contributed by atoms with Gasteiger partial charge >= 0.3 is 0 Å². The van der Waals surface area contributed by atoms with Crippen molar-refractivity contribution < 1.29 is 34.6 Å². The Bertz CT molecular complexity index is 835. The molecule has 2 aliphatic rings. The Hall–Kier alpha value is -1.93. The molecular weight excluding hydrogens is 374 g/mol. The van der Waals surface area contributed by atoms with Gasteiger partial charge in [0.2, 0.25) is 0 Å². The lowest BCUT2D eigenvalue weighted by molar-refractivity contribution is -0.307. The van der Waals surface area contributed by atoms with Gasteiger partial charge in [0, 0.05) is 6.42 Å². The van der Waals surface area contributed by atoms with Crippen molar-refractivity contribution in [1.29, 1.82) is 0 Å². The SMILES string of the molecule is C[C@@H]1O[C@@H](O[C@H]2C[C@H](n3cnc4c(N)ncnc43)O[C@@H]2CO)[C@@H](O)[C@H](O)[C@@H]1O. The molecule has 2 fully saturated rings. The number of hydrogen-bond donors (Lipinski definition) is 5. The highest BCUT2D eigenvalue weighted by Gasteiger charge is 2.46. The Morgan fingerprint density at radius 1 is 1.18 bits per heavy atom. The van der Waals surface area contributed by atoms with Crippen molar-refractivity contribution in [2.75, 3.05) is 12.3 Å². The van der Waals surface area contributed by atoms with Crippen LogP contribution in [0.1, 0.15) is 19.6 Å². The summed E-state index contributed by atoms with van der Waals surface area (Å²) in [5.74, 6) is 0.244. The zero-order chi connectivity index (χ0) is 20.0. The third-order valence-electron chi connectivity index (χ3n) is 5.18. The Morgan fingerprint density at radius 3 is 2.71 bits per heavy atom. The quantitative estimate of drug-likeness (QED) is 0.381. The maximum atomic E-state index is 10.2. The first-order valence-corrected chi connectivity index (χ1v) is 8.95. The van der Waals surface area contributed by atoms with Crippen LogP contribution >= 0.6 is 0 Å². The van der Waals surface area contributed by atoms with E-state index in [1.54, 1.807) is 11.5 Å². The molecule has 0 bridgehead atoms. The molecule has 0 unspecified atom stereocenters. The van der Waals surface area contributed by atoms with E-state index < -0.39 is 49.1 Å². The molecule has 12 heteroatoms. The molecule has 6 N–H and O–H groups in total. The van der Waals surface area contributed by atoms with Crippen LogP contribution in [-0.2, 0) is 14.2 Å². The largest absolute Gasteiger partial charge is 0.394 e. The molecule has 0 aromatic carbocycles. The molecule has 2 aliphatic heterocycles. The van der Waals surface area contributed by atoms with E-state index in [4.69, 9.17) is 19.9 Å². The summed E-state index contributed by atoms with van der Waals surface area (Å²) < 4.78 is 18.8. The van der Waals surface area contributed by atoms with Gasteiger partial charge in [-0.25, -0.2) is 15.0 Å². The summed E-state index contributed by atoms with van der Waals surface area (Å²) in [4.78, 5) is 12.3. The average molecular weight is 397 g/mol. The Labute approximate surface area is 159 Å². The van der Waals surface area contributed by atoms with Gasteiger partial charge < -0.3 is 40.4 Å². The average Bonchev–Trinajstić information content (AvgIpc) is 3.29. The highest BCUT2D eigenvalue weighted by molar-refractivity contribution is 5.81. The summed E-state index contributed by atoms with van der Waals surface area (Å²) in [6.45, 7) is 1.24. The van der Waals surface area contributed by atoms with Crippen molar-refractivity contribution in [3.05, 3.63) is 12.7 Å². The van der Waals surface area contributed by atoms with E-state index in [0.717, 1.165) is 0 Å². The second-order valence-electron chi connectivity index (χ2n) is 6.99. The lowest BCUT2D eigenvalue weighted by atomic mass is 10.00. The van der Waals surface area contributed by atoms with Gasteiger partial charge in [0.25, 0.3) is 0 Å². The van der Waals surface area contributed by atoms with E-state index in [-0.39, 0.29) is 12.4 Å². The lowest BCUT2D eigenvalue weighted by Gasteiger charge is -2.40. The smallest absolute Gasteiger partial charge is 0.186 e. The summed E-state index contributed by atoms with van der Waals surface area (Å²) in [5.41, 5.74) is 6.72. The van der Waals surface area contributed by atoms with E-state index >= 15 is 0 Å². The normalized spacial score (nSPS) is 38.9. The van der Waals surface area contributed by atoms with Crippen molar-refractivity contribution in [3.8, 4) is 0 Å². The number of imidazole rings is 1. The zero-order valence-electron chi connectivity index (χ0n) is 15.1. The molecule has 12 nitrogen and oxygen atoms in total. The van der Waals surface area contributed by atoms with Crippen LogP contribution in [0.15, 0.2) is 12.7 Å². The van der Waals surface area contributed by atoms with E-state index in [0.29, 0.717) is 17.6 Å². The molecule has 2 aromatic rings. The maximum Gasteiger partial charge on any atom is 0.186 e. The minimum atomic E-state index is -1.44. The zero-order valence-corrected chi connectivity index (χ0v) is 15.1. The van der Waals surface area contributed by atoms with Gasteiger partial charge in [0.15, 0.2) is 17.8 Å². The summed E-state index contributed by atoms with van der Waals surface area (Å²) >= 11 is 0. The molecule has 0 saturated carbocycles. The standard InChI is InChI=1S/C16H23N5O7/c1-6-11(23)12(24)13(25)16(26-6)28-7-2-9(27-8(7)3-22)21-5-20-10-14(17)18-4-19-15(10)21/h4-9,11-13,16,22-25H,2-3H2,1H3,(H2,17,18,19)/t6-,7-,8+,9+,11+,12+,13-,16-/m0/s1. The molecule has 4 heterocycles. The molecule has 8 atom stereocenters. The first-order valence-electron chi connectivity index (χ1n) is 8.95. The highest BCUT2D eigenvalue weighted by Crippen LogP contribution is 2.35. The molecule has 0 aliphatic carbocycles. The van der Waals surface area contributed by atoms with Crippen LogP contribution in [0.3, 0.4) is 0 Å². The van der Waals surface area contributed by atoms with E-state index in [9.17, 15) is 20.4 Å². The summed E-state index contributed by atoms with van der Waals surface area (Å²) in [5, 5.41) is 39.6. The third kappa shape index (κ3) is 3.22. The second-order valence-corrected chi connectivity index (χ2v) is 6.99. The van der Waals surface area contributed by atoms with Crippen molar-refractivity contribution in [3.63, 3.8) is 0 Å². The van der Waals surface area contributed by atoms with Crippen LogP contribution in [0.5, 0.6) is 0 Å². The number of hydrogen-bond acceptors (Lipinski definition) is 11. The molecule has 2 saturated heterocycles. The third-order valence-corrected chi connectivity index (χ3v) is 5.18. The number of anilines is 1. The van der Waals surface area contributed by atoms with Crippen LogP contribution < -0.4 is 5.73 Å². The minimum absolute atomic E-state index is 0.244. The number of nitrogens with two attached hydrogens (primary N) is 1. The topological polar surface area (TPSA) is 178 Å². The molecular formula is C16H23N5O7. The fraction of sp³-hybridized carbons (Fsp3) is 0.688. The van der Waals surface area contributed by atoms with Crippen molar-refractivity contribution in [2.24, 2.45) is 0 Å². The fourth-order valence-electron chi connectivity index (χ4n) is 3.56. The van der Waals surface area contributed by atoms with Gasteiger partial charge in [-0.15, -0.1) is 0 Å². The number of aromatic nitrogens is 4. The second kappa shape index (κ2) is 7.48. The molecule has 2 aromatic heterocycles. The number of nitrogens with zero attached hydrogens (tertiary/aromatic N) is 4. The van der Waals surface area contributed by atoms with Crippen LogP contribution in [0, 0.1) is 0 Å². The summed E-state index contributed by atoms with van der Waals surface area (Å²) in [6.07, 6.45) is -4.71. The number of rotatable bonds is 4. The minimum Gasteiger partial charge on any atom is -0.394 e. The number of aliphatic hydroxyl groups excluding tert-OH is 4. The first kappa shape index (κ1) is 19.4. The van der Waals surface area contributed by atoms with Crippen LogP contribution in [0.25, 0.3) is 11.2 Å². The van der Waals surface area contributed by atoms with E-state index in [2.05, 4.69) is 15.0 Å². The Balaban J connectivity index is 1.52. The number of nitrogen functional groups attached to an aromatic ring is 1. The molecule has 154 valence electrons.